The molecule has 3 amide bonds. The number of nitrogens with one attached hydrogen (secondary N) is 2. The van der Waals surface area contributed by atoms with Gasteiger partial charge in [-0.05, 0) is 43.5 Å². The van der Waals surface area contributed by atoms with Gasteiger partial charge in [0.2, 0.25) is 11.8 Å². The lowest BCUT2D eigenvalue weighted by molar-refractivity contribution is -0.130. The fraction of sp³-hybridized carbons (Fsp3) is 0.550. The second-order valence-electron chi connectivity index (χ2n) is 7.29. The van der Waals surface area contributed by atoms with Crippen LogP contribution in [0.5, 0.6) is 0 Å². The van der Waals surface area contributed by atoms with Crippen molar-refractivity contribution in [2.75, 3.05) is 19.6 Å². The Morgan fingerprint density at radius 2 is 1.74 bits per heavy atom. The summed E-state index contributed by atoms with van der Waals surface area (Å²) in [7, 11) is 0. The maximum atomic E-state index is 12.3. The van der Waals surface area contributed by atoms with E-state index in [4.69, 9.17) is 0 Å². The molecule has 1 aliphatic carbocycles. The summed E-state index contributed by atoms with van der Waals surface area (Å²) in [4.78, 5) is 38.4. The predicted molar refractivity (Wildman–Crippen MR) is 106 cm³/mol. The molecule has 0 spiro atoms. The largest absolute Gasteiger partial charge is 0.356 e. The summed E-state index contributed by atoms with van der Waals surface area (Å²) in [5.41, 5.74) is 0.610. The zero-order valence-electron chi connectivity index (χ0n) is 15.4. The number of rotatable bonds is 7. The van der Waals surface area contributed by atoms with E-state index in [2.05, 4.69) is 26.6 Å². The van der Waals surface area contributed by atoms with Gasteiger partial charge in [-0.15, -0.1) is 0 Å². The lowest BCUT2D eigenvalue weighted by Crippen LogP contribution is -2.37. The molecular formula is C20H26BrN3O3. The first-order valence-electron chi connectivity index (χ1n) is 9.65. The maximum absolute atomic E-state index is 12.3. The highest BCUT2D eigenvalue weighted by molar-refractivity contribution is 9.10. The van der Waals surface area contributed by atoms with Gasteiger partial charge in [-0.25, -0.2) is 0 Å². The first-order chi connectivity index (χ1) is 13.0. The summed E-state index contributed by atoms with van der Waals surface area (Å²) in [6, 6.07) is 7.51. The van der Waals surface area contributed by atoms with Crippen molar-refractivity contribution in [3.05, 3.63) is 34.3 Å². The van der Waals surface area contributed by atoms with E-state index in [1.54, 1.807) is 12.1 Å². The number of likely N-dealkylation sites (tertiary alicyclic amines) is 1. The van der Waals surface area contributed by atoms with Gasteiger partial charge in [-0.1, -0.05) is 28.8 Å². The summed E-state index contributed by atoms with van der Waals surface area (Å²) >= 11 is 3.34. The van der Waals surface area contributed by atoms with Crippen molar-refractivity contribution in [3.63, 3.8) is 0 Å². The quantitative estimate of drug-likeness (QED) is 0.645. The van der Waals surface area contributed by atoms with Crippen LogP contribution in [0.25, 0.3) is 0 Å². The molecule has 2 aliphatic rings. The van der Waals surface area contributed by atoms with Crippen LogP contribution in [-0.4, -0.2) is 48.3 Å². The molecule has 0 bridgehead atoms. The molecule has 1 heterocycles. The molecule has 1 aromatic rings. The summed E-state index contributed by atoms with van der Waals surface area (Å²) in [5.74, 6) is -0.301. The topological polar surface area (TPSA) is 78.5 Å². The van der Waals surface area contributed by atoms with E-state index in [0.29, 0.717) is 44.1 Å². The van der Waals surface area contributed by atoms with Gasteiger partial charge in [0, 0.05) is 42.1 Å². The standard InChI is InChI=1S/C20H26BrN3O3/c21-16-8-6-14(7-9-16)19(26)22-10-3-11-23-20(27)15-12-18(25)24(13-15)17-4-1-2-5-17/h6-9,15,17H,1-5,10-13H2,(H,22,26)(H,23,27). The number of hydrogen-bond acceptors (Lipinski definition) is 3. The molecule has 3 rings (SSSR count). The maximum Gasteiger partial charge on any atom is 0.251 e. The fourth-order valence-corrected chi connectivity index (χ4v) is 4.09. The van der Waals surface area contributed by atoms with Crippen LogP contribution in [0.1, 0.15) is 48.9 Å². The van der Waals surface area contributed by atoms with Crippen LogP contribution in [-0.2, 0) is 9.59 Å². The molecule has 2 fully saturated rings. The lowest BCUT2D eigenvalue weighted by Gasteiger charge is -2.23. The molecule has 1 atom stereocenters. The normalized spacial score (nSPS) is 20.1. The monoisotopic (exact) mass is 435 g/mol. The molecular weight excluding hydrogens is 410 g/mol. The van der Waals surface area contributed by atoms with Crippen molar-refractivity contribution in [1.29, 1.82) is 0 Å². The molecule has 1 saturated heterocycles. The Morgan fingerprint density at radius 3 is 2.44 bits per heavy atom. The van der Waals surface area contributed by atoms with Crippen molar-refractivity contribution in [3.8, 4) is 0 Å². The van der Waals surface area contributed by atoms with Crippen LogP contribution in [0.4, 0.5) is 0 Å². The highest BCUT2D eigenvalue weighted by atomic mass is 79.9. The SMILES string of the molecule is O=C(NCCCNC(=O)C1CC(=O)N(C2CCCC2)C1)c1ccc(Br)cc1. The molecule has 0 aromatic heterocycles. The van der Waals surface area contributed by atoms with E-state index in [9.17, 15) is 14.4 Å². The second kappa shape index (κ2) is 9.35. The predicted octanol–water partition coefficient (Wildman–Crippen LogP) is 2.48. The van der Waals surface area contributed by atoms with Crippen molar-refractivity contribution in [2.24, 2.45) is 5.92 Å². The zero-order valence-corrected chi connectivity index (χ0v) is 17.0. The number of carbonyl (C=O) groups excluding carboxylic acids is 3. The minimum atomic E-state index is -0.240. The molecule has 1 aromatic carbocycles. The van der Waals surface area contributed by atoms with E-state index >= 15 is 0 Å². The lowest BCUT2D eigenvalue weighted by atomic mass is 10.1. The van der Waals surface area contributed by atoms with Gasteiger partial charge in [0.15, 0.2) is 0 Å². The summed E-state index contributed by atoms with van der Waals surface area (Å²) < 4.78 is 0.929. The number of amides is 3. The Bertz CT molecular complexity index is 686. The van der Waals surface area contributed by atoms with Crippen LogP contribution in [0.3, 0.4) is 0 Å². The van der Waals surface area contributed by atoms with Gasteiger partial charge in [0.25, 0.3) is 5.91 Å². The Kier molecular flexibility index (Phi) is 6.88. The third-order valence-corrected chi connectivity index (χ3v) is 5.87. The van der Waals surface area contributed by atoms with Crippen LogP contribution in [0.15, 0.2) is 28.7 Å². The molecule has 27 heavy (non-hydrogen) atoms. The molecule has 1 saturated carbocycles. The summed E-state index contributed by atoms with van der Waals surface area (Å²) in [6.45, 7) is 1.54. The van der Waals surface area contributed by atoms with Gasteiger partial charge >= 0.3 is 0 Å². The van der Waals surface area contributed by atoms with Crippen molar-refractivity contribution in [2.45, 2.75) is 44.6 Å². The van der Waals surface area contributed by atoms with Crippen LogP contribution < -0.4 is 10.6 Å². The molecule has 1 aliphatic heterocycles. The van der Waals surface area contributed by atoms with Gasteiger partial charge in [0.05, 0.1) is 5.92 Å². The van der Waals surface area contributed by atoms with E-state index in [1.807, 2.05) is 17.0 Å². The van der Waals surface area contributed by atoms with Crippen LogP contribution >= 0.6 is 15.9 Å². The van der Waals surface area contributed by atoms with E-state index < -0.39 is 0 Å². The number of hydrogen-bond donors (Lipinski definition) is 2. The van der Waals surface area contributed by atoms with Gasteiger partial charge in [-0.2, -0.15) is 0 Å². The number of benzene rings is 1. The number of halogens is 1. The zero-order chi connectivity index (χ0) is 19.2. The molecule has 0 radical (unpaired) electrons. The van der Waals surface area contributed by atoms with Crippen molar-refractivity contribution < 1.29 is 14.4 Å². The minimum Gasteiger partial charge on any atom is -0.356 e. The van der Waals surface area contributed by atoms with Crippen molar-refractivity contribution >= 4 is 33.7 Å². The van der Waals surface area contributed by atoms with Crippen LogP contribution in [0.2, 0.25) is 0 Å². The van der Waals surface area contributed by atoms with Crippen LogP contribution in [0, 0.1) is 5.92 Å². The Morgan fingerprint density at radius 1 is 1.07 bits per heavy atom. The van der Waals surface area contributed by atoms with Gasteiger partial charge < -0.3 is 15.5 Å². The van der Waals surface area contributed by atoms with Crippen molar-refractivity contribution in [1.82, 2.24) is 15.5 Å². The first kappa shape index (κ1) is 19.9. The molecule has 6 nitrogen and oxygen atoms in total. The first-order valence-corrected chi connectivity index (χ1v) is 10.4. The second-order valence-corrected chi connectivity index (χ2v) is 8.21. The third kappa shape index (κ3) is 5.31. The Labute approximate surface area is 168 Å². The Balaban J connectivity index is 1.33. The summed E-state index contributed by atoms with van der Waals surface area (Å²) in [5, 5.41) is 5.75. The van der Waals surface area contributed by atoms with E-state index in [1.165, 1.54) is 12.8 Å². The Hall–Kier alpha value is -1.89. The highest BCUT2D eigenvalue weighted by Gasteiger charge is 2.38. The number of nitrogens with zero attached hydrogens (tertiary/aromatic N) is 1. The highest BCUT2D eigenvalue weighted by Crippen LogP contribution is 2.29. The molecule has 1 unspecified atom stereocenters. The molecule has 7 heteroatoms. The minimum absolute atomic E-state index is 0.0527. The third-order valence-electron chi connectivity index (χ3n) is 5.34. The fourth-order valence-electron chi connectivity index (χ4n) is 3.83. The van der Waals surface area contributed by atoms with Gasteiger partial charge in [0.1, 0.15) is 0 Å². The smallest absolute Gasteiger partial charge is 0.251 e. The number of carbonyl (C=O) groups is 3. The van der Waals surface area contributed by atoms with Gasteiger partial charge in [-0.3, -0.25) is 14.4 Å². The molecule has 2 N–H and O–H groups in total. The molecule has 146 valence electrons. The average molecular weight is 436 g/mol. The van der Waals surface area contributed by atoms with E-state index in [0.717, 1.165) is 17.3 Å². The average Bonchev–Trinajstić information content (AvgIpc) is 3.31. The van der Waals surface area contributed by atoms with E-state index in [-0.39, 0.29) is 23.6 Å². The summed E-state index contributed by atoms with van der Waals surface area (Å²) in [6.07, 6.45) is 5.47.